The summed E-state index contributed by atoms with van der Waals surface area (Å²) >= 11 is 0. The van der Waals surface area contributed by atoms with Crippen LogP contribution in [0.5, 0.6) is 0 Å². The largest absolute Gasteiger partial charge is 0.478 e. The Hall–Kier alpha value is -2.22. The second-order valence-corrected chi connectivity index (χ2v) is 11.5. The van der Waals surface area contributed by atoms with E-state index in [-0.39, 0.29) is 41.3 Å². The fraction of sp³-hybridized carbons (Fsp3) is 0.677. The quantitative estimate of drug-likeness (QED) is 0.0939. The minimum atomic E-state index is -0.999. The van der Waals surface area contributed by atoms with E-state index < -0.39 is 11.9 Å². The van der Waals surface area contributed by atoms with Gasteiger partial charge in [0.15, 0.2) is 0 Å². The van der Waals surface area contributed by atoms with Crippen molar-refractivity contribution in [2.24, 2.45) is 17.8 Å². The lowest BCUT2D eigenvalue weighted by atomic mass is 9.63. The van der Waals surface area contributed by atoms with E-state index in [1.165, 1.54) is 12.2 Å². The minimum absolute atomic E-state index is 0.00487. The van der Waals surface area contributed by atoms with Crippen molar-refractivity contribution in [1.82, 2.24) is 0 Å². The lowest BCUT2D eigenvalue weighted by Gasteiger charge is -2.46. The Labute approximate surface area is 227 Å². The molecule has 7 heteroatoms. The number of carboxylic acid groups (broad SMARTS) is 1. The van der Waals surface area contributed by atoms with Crippen LogP contribution in [0.2, 0.25) is 0 Å². The molecule has 0 unspecified atom stereocenters. The monoisotopic (exact) mass is 530 g/mol. The molecule has 1 spiro atoms. The van der Waals surface area contributed by atoms with Crippen molar-refractivity contribution in [3.63, 3.8) is 0 Å². The Bertz CT molecular complexity index is 913. The van der Waals surface area contributed by atoms with E-state index in [0.29, 0.717) is 12.5 Å². The van der Waals surface area contributed by atoms with Crippen LogP contribution < -0.4 is 0 Å². The number of carbonyl (C=O) groups is 2. The van der Waals surface area contributed by atoms with Gasteiger partial charge >= 0.3 is 11.9 Å². The van der Waals surface area contributed by atoms with Gasteiger partial charge in [0.05, 0.1) is 18.6 Å². The fourth-order valence-corrected chi connectivity index (χ4v) is 6.12. The molecule has 2 heterocycles. The van der Waals surface area contributed by atoms with Gasteiger partial charge < -0.3 is 24.1 Å². The van der Waals surface area contributed by atoms with Gasteiger partial charge in [-0.05, 0) is 38.5 Å². The van der Waals surface area contributed by atoms with E-state index in [9.17, 15) is 9.59 Å². The Morgan fingerprint density at radius 2 is 1.68 bits per heavy atom. The van der Waals surface area contributed by atoms with Gasteiger partial charge in [-0.2, -0.15) is 0 Å². The third kappa shape index (κ3) is 7.90. The number of rotatable bonds is 15. The van der Waals surface area contributed by atoms with E-state index in [1.807, 2.05) is 0 Å². The molecule has 1 saturated carbocycles. The molecule has 38 heavy (non-hydrogen) atoms. The average Bonchev–Trinajstić information content (AvgIpc) is 3.77. The third-order valence-electron chi connectivity index (χ3n) is 8.14. The van der Waals surface area contributed by atoms with Gasteiger partial charge in [-0.15, -0.1) is 0 Å². The maximum atomic E-state index is 12.9. The molecule has 3 fully saturated rings. The molecule has 1 N–H and O–H groups in total. The van der Waals surface area contributed by atoms with E-state index >= 15 is 0 Å². The standard InChI is InChI=1S/C31H46O7/c1-6-7-12-15-23-20-31(21-36-31)29(30(4)24(38-30)19-18-22(2)3)28(35-5)27(23)37-26(34)17-14-11-9-8-10-13-16-25(32)33/h8-11,13-14,16-17,22-24,27-29H,6-7,12,15,18-21H2,1-5H3,(H,32,33)/t23-,24-,27-,28-,29-,30+,31+/m1/s1. The van der Waals surface area contributed by atoms with Gasteiger partial charge in [0, 0.05) is 25.2 Å². The minimum Gasteiger partial charge on any atom is -0.478 e. The Kier molecular flexibility index (Phi) is 10.9. The highest BCUT2D eigenvalue weighted by molar-refractivity contribution is 5.82. The van der Waals surface area contributed by atoms with Gasteiger partial charge in [-0.1, -0.05) is 76.5 Å². The van der Waals surface area contributed by atoms with Crippen LogP contribution in [-0.4, -0.2) is 60.3 Å². The molecular formula is C31H46O7. The summed E-state index contributed by atoms with van der Waals surface area (Å²) in [6, 6.07) is 0. The second-order valence-electron chi connectivity index (χ2n) is 11.5. The van der Waals surface area contributed by atoms with Crippen LogP contribution in [0.3, 0.4) is 0 Å². The molecule has 2 saturated heterocycles. The topological polar surface area (TPSA) is 97.9 Å². The molecule has 0 amide bonds. The molecule has 0 bridgehead atoms. The average molecular weight is 531 g/mol. The van der Waals surface area contributed by atoms with Crippen molar-refractivity contribution in [2.75, 3.05) is 13.7 Å². The number of aliphatic carboxylic acids is 1. The summed E-state index contributed by atoms with van der Waals surface area (Å²) in [5, 5.41) is 8.59. The summed E-state index contributed by atoms with van der Waals surface area (Å²) in [7, 11) is 1.71. The summed E-state index contributed by atoms with van der Waals surface area (Å²) in [6.07, 6.45) is 19.0. The molecule has 1 aliphatic carbocycles. The molecule has 3 rings (SSSR count). The molecule has 0 radical (unpaired) electrons. The number of hydrogen-bond acceptors (Lipinski definition) is 6. The first-order valence-corrected chi connectivity index (χ1v) is 14.1. The number of carboxylic acids is 1. The van der Waals surface area contributed by atoms with E-state index in [2.05, 4.69) is 27.7 Å². The number of esters is 1. The summed E-state index contributed by atoms with van der Waals surface area (Å²) in [5.41, 5.74) is -0.604. The molecule has 2 aliphatic heterocycles. The summed E-state index contributed by atoms with van der Waals surface area (Å²) in [6.45, 7) is 9.54. The van der Waals surface area contributed by atoms with Crippen molar-refractivity contribution in [3.8, 4) is 0 Å². The molecule has 0 aromatic carbocycles. The summed E-state index contributed by atoms with van der Waals surface area (Å²) in [4.78, 5) is 23.4. The van der Waals surface area contributed by atoms with E-state index in [4.69, 9.17) is 24.1 Å². The zero-order chi connectivity index (χ0) is 27.8. The molecule has 7 atom stereocenters. The van der Waals surface area contributed by atoms with Crippen LogP contribution in [0.25, 0.3) is 0 Å². The van der Waals surface area contributed by atoms with Crippen LogP contribution in [0.15, 0.2) is 48.6 Å². The normalized spacial score (nSPS) is 34.8. The van der Waals surface area contributed by atoms with Gasteiger partial charge in [-0.3, -0.25) is 0 Å². The van der Waals surface area contributed by atoms with Crippen LogP contribution >= 0.6 is 0 Å². The van der Waals surface area contributed by atoms with E-state index in [0.717, 1.165) is 51.0 Å². The van der Waals surface area contributed by atoms with Crippen LogP contribution in [0.4, 0.5) is 0 Å². The Morgan fingerprint density at radius 1 is 1.03 bits per heavy atom. The van der Waals surface area contributed by atoms with Crippen molar-refractivity contribution in [1.29, 1.82) is 0 Å². The van der Waals surface area contributed by atoms with Gasteiger partial charge in [-0.25, -0.2) is 9.59 Å². The number of hydrogen-bond donors (Lipinski definition) is 1. The number of methoxy groups -OCH3 is 1. The van der Waals surface area contributed by atoms with Crippen molar-refractivity contribution in [3.05, 3.63) is 48.6 Å². The Balaban J connectivity index is 1.72. The molecule has 0 aromatic rings. The molecule has 0 aromatic heterocycles. The number of epoxide rings is 2. The first-order chi connectivity index (χ1) is 18.2. The number of unbranched alkanes of at least 4 members (excludes halogenated alkanes) is 2. The van der Waals surface area contributed by atoms with Gasteiger partial charge in [0.1, 0.15) is 23.4 Å². The van der Waals surface area contributed by atoms with Crippen molar-refractivity contribution >= 4 is 11.9 Å². The summed E-state index contributed by atoms with van der Waals surface area (Å²) in [5.74, 6) is -0.611. The van der Waals surface area contributed by atoms with Gasteiger partial charge in [0.25, 0.3) is 0 Å². The van der Waals surface area contributed by atoms with Crippen LogP contribution in [0.1, 0.15) is 72.6 Å². The lowest BCUT2D eigenvalue weighted by molar-refractivity contribution is -0.179. The van der Waals surface area contributed by atoms with Crippen LogP contribution in [0, 0.1) is 17.8 Å². The third-order valence-corrected chi connectivity index (χ3v) is 8.14. The predicted octanol–water partition coefficient (Wildman–Crippen LogP) is 5.80. The van der Waals surface area contributed by atoms with Crippen molar-refractivity contribution < 1.29 is 33.6 Å². The first kappa shape index (κ1) is 30.3. The highest BCUT2D eigenvalue weighted by Gasteiger charge is 2.73. The zero-order valence-corrected chi connectivity index (χ0v) is 23.6. The SMILES string of the molecule is CCCCC[C@@H]1C[C@]2(CO2)[C@@H]([C@@]2(C)O[C@@H]2CCC(C)C)[C@H](OC)[C@@H]1OC(=O)C=CC=CC=CC=CC(=O)O. The van der Waals surface area contributed by atoms with Gasteiger partial charge in [0.2, 0.25) is 0 Å². The number of carbonyl (C=O) groups excluding carboxylic acids is 1. The smallest absolute Gasteiger partial charge is 0.331 e. The van der Waals surface area contributed by atoms with Crippen LogP contribution in [-0.2, 0) is 28.5 Å². The molecule has 3 aliphatic rings. The summed E-state index contributed by atoms with van der Waals surface area (Å²) < 4.78 is 24.8. The highest BCUT2D eigenvalue weighted by Crippen LogP contribution is 2.61. The first-order valence-electron chi connectivity index (χ1n) is 14.1. The lowest BCUT2D eigenvalue weighted by Crippen LogP contribution is -2.59. The maximum Gasteiger partial charge on any atom is 0.331 e. The zero-order valence-electron chi connectivity index (χ0n) is 23.6. The number of ether oxygens (including phenoxy) is 4. The highest BCUT2D eigenvalue weighted by atomic mass is 16.6. The van der Waals surface area contributed by atoms with E-state index in [1.54, 1.807) is 37.5 Å². The van der Waals surface area contributed by atoms with Crippen molar-refractivity contribution in [2.45, 2.75) is 102 Å². The molecule has 212 valence electrons. The fourth-order valence-electron chi connectivity index (χ4n) is 6.12. The maximum absolute atomic E-state index is 12.9. The predicted molar refractivity (Wildman–Crippen MR) is 147 cm³/mol. The second kappa shape index (κ2) is 13.7. The Morgan fingerprint density at radius 3 is 2.26 bits per heavy atom. The number of allylic oxidation sites excluding steroid dienone is 6. The molecular weight excluding hydrogens is 484 g/mol. The molecule has 7 nitrogen and oxygen atoms in total.